The van der Waals surface area contributed by atoms with Crippen LogP contribution in [0.1, 0.15) is 21.5 Å². The van der Waals surface area contributed by atoms with E-state index in [1.165, 1.54) is 12.1 Å². The number of benzene rings is 2. The highest BCUT2D eigenvalue weighted by Gasteiger charge is 2.24. The standard InChI is InChI=1S/C18H12INO5S/c19-13-7-11(8-15-16(21)20-18(24)26-15)3-6-14(13)25-9-10-1-4-12(5-2-10)17(22)23/h1-8H,9H2,(H,22,23)(H,20,21,24). The van der Waals surface area contributed by atoms with Gasteiger partial charge in [-0.25, -0.2) is 4.79 Å². The highest BCUT2D eigenvalue weighted by Crippen LogP contribution is 2.28. The van der Waals surface area contributed by atoms with Gasteiger partial charge in [-0.05, 0) is 75.8 Å². The average Bonchev–Trinajstić information content (AvgIpc) is 2.91. The van der Waals surface area contributed by atoms with Crippen LogP contribution in [0.25, 0.3) is 6.08 Å². The zero-order valence-corrected chi connectivity index (χ0v) is 16.2. The van der Waals surface area contributed by atoms with Crippen LogP contribution in [-0.4, -0.2) is 22.2 Å². The van der Waals surface area contributed by atoms with Gasteiger partial charge in [-0.3, -0.25) is 14.9 Å². The predicted molar refractivity (Wildman–Crippen MR) is 106 cm³/mol. The van der Waals surface area contributed by atoms with Crippen molar-refractivity contribution in [2.24, 2.45) is 0 Å². The van der Waals surface area contributed by atoms with Crippen LogP contribution in [0.15, 0.2) is 47.4 Å². The first-order chi connectivity index (χ1) is 12.4. The normalized spacial score (nSPS) is 15.2. The quantitative estimate of drug-likeness (QED) is 0.498. The number of carbonyl (C=O) groups excluding carboxylic acids is 2. The monoisotopic (exact) mass is 481 g/mol. The van der Waals surface area contributed by atoms with Gasteiger partial charge in [0.25, 0.3) is 11.1 Å². The summed E-state index contributed by atoms with van der Waals surface area (Å²) in [7, 11) is 0. The van der Waals surface area contributed by atoms with Crippen molar-refractivity contribution in [2.45, 2.75) is 6.61 Å². The fourth-order valence-corrected chi connectivity index (χ4v) is 3.58. The van der Waals surface area contributed by atoms with E-state index < -0.39 is 5.97 Å². The molecule has 0 aliphatic carbocycles. The van der Waals surface area contributed by atoms with Crippen molar-refractivity contribution in [1.29, 1.82) is 0 Å². The van der Waals surface area contributed by atoms with Crippen molar-refractivity contribution in [3.8, 4) is 5.75 Å². The Morgan fingerprint density at radius 2 is 1.92 bits per heavy atom. The molecule has 0 aromatic heterocycles. The van der Waals surface area contributed by atoms with Crippen molar-refractivity contribution in [3.63, 3.8) is 0 Å². The summed E-state index contributed by atoms with van der Waals surface area (Å²) in [5.74, 6) is -0.678. The molecule has 2 aromatic carbocycles. The number of carboxylic acid groups (broad SMARTS) is 1. The maximum absolute atomic E-state index is 11.6. The van der Waals surface area contributed by atoms with Crippen LogP contribution >= 0.6 is 34.4 Å². The van der Waals surface area contributed by atoms with Crippen LogP contribution in [0.2, 0.25) is 0 Å². The summed E-state index contributed by atoms with van der Waals surface area (Å²) >= 11 is 3.01. The zero-order valence-electron chi connectivity index (χ0n) is 13.2. The van der Waals surface area contributed by atoms with E-state index in [0.717, 1.165) is 26.5 Å². The van der Waals surface area contributed by atoms with Crippen molar-refractivity contribution in [2.75, 3.05) is 0 Å². The van der Waals surface area contributed by atoms with E-state index in [9.17, 15) is 14.4 Å². The number of hydrogen-bond donors (Lipinski definition) is 2. The van der Waals surface area contributed by atoms with Gasteiger partial charge in [0.05, 0.1) is 14.0 Å². The van der Waals surface area contributed by atoms with Crippen LogP contribution in [-0.2, 0) is 11.4 Å². The zero-order chi connectivity index (χ0) is 18.7. The molecule has 1 fully saturated rings. The molecule has 2 N–H and O–H groups in total. The van der Waals surface area contributed by atoms with Gasteiger partial charge in [0, 0.05) is 0 Å². The van der Waals surface area contributed by atoms with Crippen LogP contribution < -0.4 is 10.1 Å². The molecule has 8 heteroatoms. The largest absolute Gasteiger partial charge is 0.488 e. The third kappa shape index (κ3) is 4.44. The molecule has 1 aliphatic heterocycles. The number of carbonyl (C=O) groups is 3. The van der Waals surface area contributed by atoms with E-state index in [1.807, 2.05) is 6.07 Å². The predicted octanol–water partition coefficient (Wildman–Crippen LogP) is 3.89. The molecule has 132 valence electrons. The van der Waals surface area contributed by atoms with Crippen molar-refractivity contribution in [1.82, 2.24) is 5.32 Å². The minimum Gasteiger partial charge on any atom is -0.488 e. The molecular formula is C18H12INO5S. The average molecular weight is 481 g/mol. The van der Waals surface area contributed by atoms with Gasteiger partial charge in [0.1, 0.15) is 12.4 Å². The number of rotatable bonds is 5. The Kier molecular flexibility index (Phi) is 5.62. The molecule has 0 atom stereocenters. The molecule has 1 saturated heterocycles. The summed E-state index contributed by atoms with van der Waals surface area (Å²) in [5.41, 5.74) is 1.88. The molecule has 0 spiro atoms. The second kappa shape index (κ2) is 7.92. The van der Waals surface area contributed by atoms with Crippen molar-refractivity contribution < 1.29 is 24.2 Å². The lowest BCUT2D eigenvalue weighted by Gasteiger charge is -2.09. The van der Waals surface area contributed by atoms with E-state index in [1.54, 1.807) is 30.3 Å². The summed E-state index contributed by atoms with van der Waals surface area (Å²) in [4.78, 5) is 34.0. The Morgan fingerprint density at radius 1 is 1.19 bits per heavy atom. The number of nitrogens with one attached hydrogen (secondary N) is 1. The lowest BCUT2D eigenvalue weighted by molar-refractivity contribution is -0.115. The van der Waals surface area contributed by atoms with Gasteiger partial charge in [0.2, 0.25) is 0 Å². The third-order valence-electron chi connectivity index (χ3n) is 3.49. The van der Waals surface area contributed by atoms with Crippen LogP contribution in [0.4, 0.5) is 4.79 Å². The molecule has 0 radical (unpaired) electrons. The SMILES string of the molecule is O=C1NC(=O)C(=Cc2ccc(OCc3ccc(C(=O)O)cc3)c(I)c2)S1. The summed E-state index contributed by atoms with van der Waals surface area (Å²) in [6.45, 7) is 0.309. The van der Waals surface area contributed by atoms with Gasteiger partial charge in [-0.2, -0.15) is 0 Å². The van der Waals surface area contributed by atoms with E-state index in [2.05, 4.69) is 27.9 Å². The second-order valence-electron chi connectivity index (χ2n) is 5.33. The Hall–Kier alpha value is -2.33. The molecule has 2 aromatic rings. The molecular weight excluding hydrogens is 469 g/mol. The Labute approximate surface area is 166 Å². The van der Waals surface area contributed by atoms with Crippen LogP contribution in [0.5, 0.6) is 5.75 Å². The lowest BCUT2D eigenvalue weighted by atomic mass is 10.1. The summed E-state index contributed by atoms with van der Waals surface area (Å²) in [5, 5.41) is 10.7. The van der Waals surface area contributed by atoms with Crippen molar-refractivity contribution >= 4 is 57.5 Å². The van der Waals surface area contributed by atoms with E-state index in [-0.39, 0.29) is 16.7 Å². The minimum absolute atomic E-state index is 0.230. The molecule has 3 rings (SSSR count). The molecule has 2 amide bonds. The topological polar surface area (TPSA) is 92.7 Å². The first-order valence-electron chi connectivity index (χ1n) is 7.42. The lowest BCUT2D eigenvalue weighted by Crippen LogP contribution is -2.17. The number of thioether (sulfide) groups is 1. The number of imide groups is 1. The minimum atomic E-state index is -0.965. The smallest absolute Gasteiger partial charge is 0.335 e. The summed E-state index contributed by atoms with van der Waals surface area (Å²) < 4.78 is 6.63. The number of amides is 2. The maximum atomic E-state index is 11.6. The van der Waals surface area contributed by atoms with Gasteiger partial charge < -0.3 is 9.84 Å². The Balaban J connectivity index is 1.68. The van der Waals surface area contributed by atoms with Crippen LogP contribution in [0.3, 0.4) is 0 Å². The van der Waals surface area contributed by atoms with E-state index in [4.69, 9.17) is 9.84 Å². The fraction of sp³-hybridized carbons (Fsp3) is 0.0556. The number of halogens is 1. The van der Waals surface area contributed by atoms with Gasteiger partial charge >= 0.3 is 5.97 Å². The summed E-state index contributed by atoms with van der Waals surface area (Å²) in [6.07, 6.45) is 1.65. The number of ether oxygens (including phenoxy) is 1. The van der Waals surface area contributed by atoms with Gasteiger partial charge in [-0.15, -0.1) is 0 Å². The van der Waals surface area contributed by atoms with Crippen molar-refractivity contribution in [3.05, 3.63) is 67.6 Å². The van der Waals surface area contributed by atoms with E-state index in [0.29, 0.717) is 17.3 Å². The molecule has 26 heavy (non-hydrogen) atoms. The molecule has 1 aliphatic rings. The highest BCUT2D eigenvalue weighted by atomic mass is 127. The molecule has 0 unspecified atom stereocenters. The van der Waals surface area contributed by atoms with Gasteiger partial charge in [0.15, 0.2) is 0 Å². The second-order valence-corrected chi connectivity index (χ2v) is 7.51. The Bertz CT molecular complexity index is 924. The number of hydrogen-bond acceptors (Lipinski definition) is 5. The first-order valence-corrected chi connectivity index (χ1v) is 9.31. The first kappa shape index (κ1) is 18.5. The fourth-order valence-electron chi connectivity index (χ4n) is 2.20. The maximum Gasteiger partial charge on any atom is 0.335 e. The number of aromatic carboxylic acids is 1. The molecule has 0 bridgehead atoms. The third-order valence-corrected chi connectivity index (χ3v) is 5.14. The van der Waals surface area contributed by atoms with Crippen LogP contribution in [0, 0.1) is 3.57 Å². The van der Waals surface area contributed by atoms with Gasteiger partial charge in [-0.1, -0.05) is 18.2 Å². The Morgan fingerprint density at radius 3 is 2.50 bits per heavy atom. The highest BCUT2D eigenvalue weighted by molar-refractivity contribution is 14.1. The van der Waals surface area contributed by atoms with E-state index >= 15 is 0 Å². The summed E-state index contributed by atoms with van der Waals surface area (Å²) in [6, 6.07) is 11.9. The number of carboxylic acids is 1. The molecule has 1 heterocycles. The molecule has 0 saturated carbocycles. The molecule has 6 nitrogen and oxygen atoms in total.